The molecule has 2 N–H and O–H groups in total. The van der Waals surface area contributed by atoms with Crippen LogP contribution in [-0.2, 0) is 14.8 Å². The number of pyridine rings is 1. The lowest BCUT2D eigenvalue weighted by molar-refractivity contribution is -0.126. The number of fused-ring (bicyclic) bond motifs is 1. The fraction of sp³-hybridized carbons (Fsp3) is 0.333. The van der Waals surface area contributed by atoms with Gasteiger partial charge in [-0.05, 0) is 67.8 Å². The van der Waals surface area contributed by atoms with Crippen LogP contribution in [0.4, 0.5) is 5.69 Å². The summed E-state index contributed by atoms with van der Waals surface area (Å²) in [4.78, 5) is 17.2. The summed E-state index contributed by atoms with van der Waals surface area (Å²) in [5.41, 5.74) is 1.78. The van der Waals surface area contributed by atoms with Gasteiger partial charge < -0.3 is 10.6 Å². The van der Waals surface area contributed by atoms with Gasteiger partial charge in [0.15, 0.2) is 0 Å². The Bertz CT molecular complexity index is 1270. The molecule has 1 atom stereocenters. The number of amides is 1. The number of aromatic nitrogens is 1. The van der Waals surface area contributed by atoms with Gasteiger partial charge in [0.2, 0.25) is 15.9 Å². The molecule has 1 aliphatic heterocycles. The van der Waals surface area contributed by atoms with Gasteiger partial charge in [-0.3, -0.25) is 9.78 Å². The number of halogens is 2. The molecular weight excluding hydrogens is 495 g/mol. The highest BCUT2D eigenvalue weighted by Gasteiger charge is 2.33. The van der Waals surface area contributed by atoms with Crippen molar-refractivity contribution in [3.05, 3.63) is 64.8 Å². The van der Waals surface area contributed by atoms with Crippen molar-refractivity contribution in [2.45, 2.75) is 24.2 Å². The highest BCUT2D eigenvalue weighted by molar-refractivity contribution is 7.89. The van der Waals surface area contributed by atoms with Gasteiger partial charge in [-0.1, -0.05) is 23.2 Å². The van der Waals surface area contributed by atoms with E-state index in [0.717, 1.165) is 23.0 Å². The van der Waals surface area contributed by atoms with Crippen LogP contribution in [-0.4, -0.2) is 49.8 Å². The van der Waals surface area contributed by atoms with Crippen LogP contribution in [0.2, 0.25) is 10.0 Å². The molecule has 2 heterocycles. The summed E-state index contributed by atoms with van der Waals surface area (Å²) in [6.07, 6.45) is 3.77. The minimum atomic E-state index is -3.65. The molecule has 0 saturated carbocycles. The molecular formula is C24H26Cl2N4O3S. The van der Waals surface area contributed by atoms with E-state index in [2.05, 4.69) is 15.6 Å². The topological polar surface area (TPSA) is 91.4 Å². The van der Waals surface area contributed by atoms with Gasteiger partial charge in [0.1, 0.15) is 0 Å². The van der Waals surface area contributed by atoms with Crippen molar-refractivity contribution in [1.29, 1.82) is 0 Å². The normalized spacial score (nSPS) is 16.9. The van der Waals surface area contributed by atoms with Crippen LogP contribution in [0.15, 0.2) is 59.6 Å². The zero-order valence-corrected chi connectivity index (χ0v) is 20.8. The van der Waals surface area contributed by atoms with E-state index in [4.69, 9.17) is 23.2 Å². The molecule has 1 amide bonds. The maximum atomic E-state index is 12.9. The molecule has 0 aliphatic carbocycles. The lowest BCUT2D eigenvalue weighted by atomic mass is 9.99. The molecule has 10 heteroatoms. The highest BCUT2D eigenvalue weighted by atomic mass is 35.5. The first kappa shape index (κ1) is 24.7. The quantitative estimate of drug-likeness (QED) is 0.424. The largest absolute Gasteiger partial charge is 0.384 e. The maximum absolute atomic E-state index is 12.9. The van der Waals surface area contributed by atoms with Crippen LogP contribution in [0, 0.1) is 5.92 Å². The Labute approximate surface area is 209 Å². The minimum Gasteiger partial charge on any atom is -0.384 e. The number of nitrogens with zero attached hydrogens (tertiary/aromatic N) is 2. The van der Waals surface area contributed by atoms with Crippen LogP contribution < -0.4 is 10.6 Å². The summed E-state index contributed by atoms with van der Waals surface area (Å²) in [6, 6.07) is 13.6. The number of carbonyl (C=O) groups excluding carboxylic acids is 1. The molecule has 3 aromatic rings. The van der Waals surface area contributed by atoms with Gasteiger partial charge in [-0.2, -0.15) is 4.31 Å². The van der Waals surface area contributed by atoms with Crippen LogP contribution in [0.25, 0.3) is 10.9 Å². The van der Waals surface area contributed by atoms with E-state index in [-0.39, 0.29) is 23.3 Å². The van der Waals surface area contributed by atoms with E-state index in [1.807, 2.05) is 24.3 Å². The second-order valence-electron chi connectivity index (χ2n) is 8.25. The van der Waals surface area contributed by atoms with E-state index >= 15 is 0 Å². The summed E-state index contributed by atoms with van der Waals surface area (Å²) in [5, 5.41) is 8.44. The van der Waals surface area contributed by atoms with Gasteiger partial charge in [0.25, 0.3) is 0 Å². The molecule has 1 aromatic heterocycles. The number of nitrogens with one attached hydrogen (secondary N) is 2. The Balaban J connectivity index is 1.26. The lowest BCUT2D eigenvalue weighted by Gasteiger charge is -2.31. The van der Waals surface area contributed by atoms with E-state index < -0.39 is 10.0 Å². The first-order valence-corrected chi connectivity index (χ1v) is 13.4. The summed E-state index contributed by atoms with van der Waals surface area (Å²) in [7, 11) is -3.65. The molecule has 180 valence electrons. The third-order valence-corrected chi connectivity index (χ3v) is 8.25. The van der Waals surface area contributed by atoms with Gasteiger partial charge in [-0.25, -0.2) is 8.42 Å². The molecule has 1 aliphatic rings. The molecule has 0 spiro atoms. The summed E-state index contributed by atoms with van der Waals surface area (Å²) in [6.45, 7) is 1.76. The molecule has 0 radical (unpaired) electrons. The number of rotatable bonds is 8. The standard InChI is InChI=1S/C24H26Cl2N4O3S/c25-18-4-7-20(8-5-18)34(32,33)30-14-1-3-17(16-30)24(31)29-12-2-11-27-22-10-13-28-23-15-19(26)6-9-21(22)23/h4-10,13,15,17H,1-3,11-12,14,16H2,(H,27,28)(H,29,31)/t17-/m1/s1. The highest BCUT2D eigenvalue weighted by Crippen LogP contribution is 2.26. The Kier molecular flexibility index (Phi) is 7.93. The zero-order chi connectivity index (χ0) is 24.1. The fourth-order valence-corrected chi connectivity index (χ4v) is 5.89. The summed E-state index contributed by atoms with van der Waals surface area (Å²) < 4.78 is 27.3. The van der Waals surface area contributed by atoms with E-state index in [9.17, 15) is 13.2 Å². The Hall–Kier alpha value is -2.39. The lowest BCUT2D eigenvalue weighted by Crippen LogP contribution is -2.45. The predicted molar refractivity (Wildman–Crippen MR) is 136 cm³/mol. The first-order valence-electron chi connectivity index (χ1n) is 11.2. The molecule has 4 rings (SSSR count). The number of piperidine rings is 1. The van der Waals surface area contributed by atoms with Crippen molar-refractivity contribution >= 4 is 55.7 Å². The Morgan fingerprint density at radius 1 is 1.06 bits per heavy atom. The third kappa shape index (κ3) is 5.81. The van der Waals surface area contributed by atoms with Gasteiger partial charge >= 0.3 is 0 Å². The second kappa shape index (κ2) is 10.9. The van der Waals surface area contributed by atoms with Crippen LogP contribution >= 0.6 is 23.2 Å². The van der Waals surface area contributed by atoms with Crippen molar-refractivity contribution < 1.29 is 13.2 Å². The van der Waals surface area contributed by atoms with Crippen molar-refractivity contribution in [3.63, 3.8) is 0 Å². The predicted octanol–water partition coefficient (Wildman–Crippen LogP) is 4.56. The van der Waals surface area contributed by atoms with E-state index in [1.54, 1.807) is 18.3 Å². The van der Waals surface area contributed by atoms with Crippen LogP contribution in [0.3, 0.4) is 0 Å². The van der Waals surface area contributed by atoms with Crippen molar-refractivity contribution in [3.8, 4) is 0 Å². The maximum Gasteiger partial charge on any atom is 0.243 e. The summed E-state index contributed by atoms with van der Waals surface area (Å²) in [5.74, 6) is -0.474. The first-order chi connectivity index (χ1) is 16.3. The molecule has 1 saturated heterocycles. The van der Waals surface area contributed by atoms with Crippen molar-refractivity contribution in [2.75, 3.05) is 31.5 Å². The number of hydrogen-bond donors (Lipinski definition) is 2. The van der Waals surface area contributed by atoms with E-state index in [1.165, 1.54) is 16.4 Å². The average molecular weight is 521 g/mol. The van der Waals surface area contributed by atoms with Gasteiger partial charge in [-0.15, -0.1) is 0 Å². The number of anilines is 1. The number of hydrogen-bond acceptors (Lipinski definition) is 5. The molecule has 1 fully saturated rings. The SMILES string of the molecule is O=C(NCCCNc1ccnc2cc(Cl)ccc12)[C@@H]1CCCN(S(=O)(=O)c2ccc(Cl)cc2)C1. The average Bonchev–Trinajstić information content (AvgIpc) is 2.84. The van der Waals surface area contributed by atoms with Crippen LogP contribution in [0.1, 0.15) is 19.3 Å². The smallest absolute Gasteiger partial charge is 0.243 e. The van der Waals surface area contributed by atoms with Gasteiger partial charge in [0, 0.05) is 53.5 Å². The van der Waals surface area contributed by atoms with Crippen molar-refractivity contribution in [2.24, 2.45) is 5.92 Å². The molecule has 7 nitrogen and oxygen atoms in total. The molecule has 34 heavy (non-hydrogen) atoms. The number of carbonyl (C=O) groups is 1. The number of sulfonamides is 1. The fourth-order valence-electron chi connectivity index (χ4n) is 4.07. The van der Waals surface area contributed by atoms with Crippen molar-refractivity contribution in [1.82, 2.24) is 14.6 Å². The Morgan fingerprint density at radius 2 is 1.82 bits per heavy atom. The van der Waals surface area contributed by atoms with Gasteiger partial charge in [0.05, 0.1) is 16.3 Å². The number of benzene rings is 2. The monoisotopic (exact) mass is 520 g/mol. The molecule has 0 unspecified atom stereocenters. The zero-order valence-electron chi connectivity index (χ0n) is 18.5. The molecule has 0 bridgehead atoms. The summed E-state index contributed by atoms with van der Waals surface area (Å²) >= 11 is 11.9. The molecule has 2 aromatic carbocycles. The minimum absolute atomic E-state index is 0.111. The third-order valence-electron chi connectivity index (χ3n) is 5.88. The second-order valence-corrected chi connectivity index (χ2v) is 11.1. The van der Waals surface area contributed by atoms with E-state index in [0.29, 0.717) is 42.5 Å². The Morgan fingerprint density at radius 3 is 2.62 bits per heavy atom. The van der Waals surface area contributed by atoms with Crippen LogP contribution in [0.5, 0.6) is 0 Å².